The second-order valence-corrected chi connectivity index (χ2v) is 7.38. The Morgan fingerprint density at radius 3 is 1.15 bits per heavy atom. The number of rotatable bonds is 6. The molecular weight excluding hydrogens is 505 g/mol. The summed E-state index contributed by atoms with van der Waals surface area (Å²) in [7, 11) is -9.83. The fourth-order valence-corrected chi connectivity index (χ4v) is 2.41. The third kappa shape index (κ3) is 11.4. The van der Waals surface area contributed by atoms with Crippen molar-refractivity contribution < 1.29 is 63.7 Å². The summed E-state index contributed by atoms with van der Waals surface area (Å²) >= 11 is 0. The Morgan fingerprint density at radius 2 is 0.909 bits per heavy atom. The second-order valence-electron chi connectivity index (χ2n) is 5.33. The second kappa shape index (κ2) is 12.2. The van der Waals surface area contributed by atoms with Crippen molar-refractivity contribution in [2.24, 2.45) is 0 Å². The summed E-state index contributed by atoms with van der Waals surface area (Å²) in [6.07, 6.45) is 0. The Balaban J connectivity index is 0.000000602. The Bertz CT molecular complexity index is 1170. The molecule has 172 valence electrons. The van der Waals surface area contributed by atoms with Crippen LogP contribution in [-0.4, -0.2) is 72.9 Å². The molecule has 0 bridgehead atoms. The SMILES string of the molecule is O=C([O-])c1cccc(C(=O)OS(=O)(=O)O)c1.O=C([O-])c1cccc(C(=O)OS(=O)(=O)O)c1.[Mg+2]. The van der Waals surface area contributed by atoms with Crippen molar-refractivity contribution in [2.75, 3.05) is 0 Å². The van der Waals surface area contributed by atoms with Crippen LogP contribution in [0.4, 0.5) is 0 Å². The van der Waals surface area contributed by atoms with E-state index in [2.05, 4.69) is 8.37 Å². The molecule has 0 atom stereocenters. The van der Waals surface area contributed by atoms with E-state index in [0.29, 0.717) is 0 Å². The fourth-order valence-electron chi connectivity index (χ4n) is 1.83. The summed E-state index contributed by atoms with van der Waals surface area (Å²) in [6.45, 7) is 0. The van der Waals surface area contributed by atoms with E-state index in [1.165, 1.54) is 12.1 Å². The van der Waals surface area contributed by atoms with Gasteiger partial charge in [-0.2, -0.15) is 16.8 Å². The Morgan fingerprint density at radius 1 is 0.636 bits per heavy atom. The first-order chi connectivity index (χ1) is 14.6. The van der Waals surface area contributed by atoms with Gasteiger partial charge in [0.25, 0.3) is 0 Å². The minimum Gasteiger partial charge on any atom is -0.545 e. The van der Waals surface area contributed by atoms with E-state index in [-0.39, 0.29) is 45.3 Å². The van der Waals surface area contributed by atoms with E-state index in [1.807, 2.05) is 0 Å². The van der Waals surface area contributed by atoms with Crippen LogP contribution < -0.4 is 10.2 Å². The van der Waals surface area contributed by atoms with Gasteiger partial charge in [0.15, 0.2) is 0 Å². The molecule has 2 N–H and O–H groups in total. The number of carboxylic acids is 2. The average molecular weight is 515 g/mol. The molecule has 0 spiro atoms. The molecular formula is C16H10MgO14S2. The zero-order valence-corrected chi connectivity index (χ0v) is 19.0. The van der Waals surface area contributed by atoms with Gasteiger partial charge >= 0.3 is 55.8 Å². The van der Waals surface area contributed by atoms with Crippen LogP contribution in [-0.2, 0) is 29.2 Å². The van der Waals surface area contributed by atoms with Gasteiger partial charge in [-0.25, -0.2) is 9.59 Å². The maximum Gasteiger partial charge on any atom is 2.00 e. The molecule has 0 radical (unpaired) electrons. The van der Waals surface area contributed by atoms with Crippen molar-refractivity contribution in [1.82, 2.24) is 0 Å². The fraction of sp³-hybridized carbons (Fsp3) is 0. The molecule has 2 aromatic carbocycles. The van der Waals surface area contributed by atoms with Crippen molar-refractivity contribution in [3.8, 4) is 0 Å². The number of aromatic carboxylic acids is 2. The first-order valence-electron chi connectivity index (χ1n) is 7.64. The topological polar surface area (TPSA) is 242 Å². The molecule has 0 aliphatic rings. The molecule has 0 aromatic heterocycles. The maximum atomic E-state index is 11.1. The molecule has 0 aliphatic heterocycles. The molecule has 0 amide bonds. The van der Waals surface area contributed by atoms with E-state index < -0.39 is 44.7 Å². The molecule has 2 aromatic rings. The maximum absolute atomic E-state index is 11.1. The molecule has 0 saturated heterocycles. The van der Waals surface area contributed by atoms with Crippen LogP contribution >= 0.6 is 0 Å². The van der Waals surface area contributed by atoms with Gasteiger partial charge < -0.3 is 28.2 Å². The predicted molar refractivity (Wildman–Crippen MR) is 101 cm³/mol. The number of hydrogen-bond donors (Lipinski definition) is 2. The smallest absolute Gasteiger partial charge is 0.545 e. The van der Waals surface area contributed by atoms with Crippen molar-refractivity contribution >= 4 is 67.7 Å². The minimum atomic E-state index is -4.92. The van der Waals surface area contributed by atoms with Crippen LogP contribution in [0.15, 0.2) is 48.5 Å². The van der Waals surface area contributed by atoms with Gasteiger partial charge in [0.05, 0.1) is 23.1 Å². The molecule has 2 rings (SSSR count). The van der Waals surface area contributed by atoms with Gasteiger partial charge in [0.2, 0.25) is 0 Å². The zero-order valence-electron chi connectivity index (χ0n) is 15.9. The zero-order chi connectivity index (χ0) is 24.7. The standard InChI is InChI=1S/2C8H6O7S.Mg/c2*9-7(10)5-2-1-3-6(4-5)8(11)15-16(12,13)14;/h2*1-4H,(H,9,10)(H,12,13,14);/q;;+2/p-2. The molecule has 0 unspecified atom stereocenters. The third-order valence-corrected chi connectivity index (χ3v) is 3.75. The Kier molecular flexibility index (Phi) is 11.1. The summed E-state index contributed by atoms with van der Waals surface area (Å²) < 4.78 is 64.6. The number of carbonyl (C=O) groups excluding carboxylic acids is 4. The van der Waals surface area contributed by atoms with Gasteiger partial charge in [0, 0.05) is 0 Å². The molecule has 0 heterocycles. The van der Waals surface area contributed by atoms with Crippen LogP contribution in [0.5, 0.6) is 0 Å². The van der Waals surface area contributed by atoms with Crippen molar-refractivity contribution in [3.63, 3.8) is 0 Å². The van der Waals surface area contributed by atoms with E-state index in [4.69, 9.17) is 9.11 Å². The van der Waals surface area contributed by atoms with E-state index in [0.717, 1.165) is 36.4 Å². The molecule has 14 nitrogen and oxygen atoms in total. The van der Waals surface area contributed by atoms with Crippen molar-refractivity contribution in [3.05, 3.63) is 70.8 Å². The van der Waals surface area contributed by atoms with E-state index >= 15 is 0 Å². The van der Waals surface area contributed by atoms with Gasteiger partial charge in [0.1, 0.15) is 0 Å². The summed E-state index contributed by atoms with van der Waals surface area (Å²) in [4.78, 5) is 43.0. The minimum absolute atomic E-state index is 0. The van der Waals surface area contributed by atoms with Gasteiger partial charge in [-0.3, -0.25) is 9.11 Å². The van der Waals surface area contributed by atoms with Gasteiger partial charge in [-0.15, -0.1) is 0 Å². The molecule has 33 heavy (non-hydrogen) atoms. The Hall–Kier alpha value is -3.09. The van der Waals surface area contributed by atoms with Crippen LogP contribution in [0.3, 0.4) is 0 Å². The predicted octanol–water partition coefficient (Wildman–Crippen LogP) is -2.36. The molecule has 17 heteroatoms. The van der Waals surface area contributed by atoms with Gasteiger partial charge in [-0.1, -0.05) is 24.3 Å². The van der Waals surface area contributed by atoms with E-state index in [1.54, 1.807) is 0 Å². The van der Waals surface area contributed by atoms with Crippen molar-refractivity contribution in [1.29, 1.82) is 0 Å². The van der Waals surface area contributed by atoms with Gasteiger partial charge in [-0.05, 0) is 35.4 Å². The summed E-state index contributed by atoms with van der Waals surface area (Å²) in [6, 6.07) is 8.68. The summed E-state index contributed by atoms with van der Waals surface area (Å²) in [5.74, 6) is -5.82. The van der Waals surface area contributed by atoms with Crippen LogP contribution in [0, 0.1) is 0 Å². The number of benzene rings is 2. The van der Waals surface area contributed by atoms with Crippen LogP contribution in [0.2, 0.25) is 0 Å². The molecule has 0 saturated carbocycles. The Labute approximate surface area is 201 Å². The first kappa shape index (κ1) is 29.9. The average Bonchev–Trinajstić information content (AvgIpc) is 2.66. The van der Waals surface area contributed by atoms with Crippen LogP contribution in [0.25, 0.3) is 0 Å². The monoisotopic (exact) mass is 514 g/mol. The van der Waals surface area contributed by atoms with Crippen molar-refractivity contribution in [2.45, 2.75) is 0 Å². The van der Waals surface area contributed by atoms with Crippen LogP contribution in [0.1, 0.15) is 41.4 Å². The number of carboxylic acid groups (broad SMARTS) is 2. The summed E-state index contributed by atoms with van der Waals surface area (Å²) in [5, 5.41) is 20.9. The molecule has 0 fully saturated rings. The molecule has 0 aliphatic carbocycles. The van der Waals surface area contributed by atoms with E-state index in [9.17, 15) is 46.2 Å². The first-order valence-corrected chi connectivity index (χ1v) is 10.4. The number of carbonyl (C=O) groups is 4. The largest absolute Gasteiger partial charge is 2.00 e. The number of hydrogen-bond acceptors (Lipinski definition) is 12. The summed E-state index contributed by atoms with van der Waals surface area (Å²) in [5.41, 5.74) is -1.30. The third-order valence-electron chi connectivity index (χ3n) is 3.03. The quantitative estimate of drug-likeness (QED) is 0.302. The normalized spacial score (nSPS) is 10.5.